The van der Waals surface area contributed by atoms with Crippen LogP contribution in [0.15, 0.2) is 0 Å². The van der Waals surface area contributed by atoms with Gasteiger partial charge in [-0.05, 0) is 6.92 Å². The molecule has 0 rings (SSSR count). The molecular formula is C6H7F7O. The lowest BCUT2D eigenvalue weighted by molar-refractivity contribution is -0.283. The number of hydrogen-bond donors (Lipinski definition) is 0. The largest absolute Gasteiger partial charge is 0.417 e. The molecular weight excluding hydrogens is 221 g/mol. The Morgan fingerprint density at radius 2 is 1.43 bits per heavy atom. The zero-order valence-corrected chi connectivity index (χ0v) is 6.92. The summed E-state index contributed by atoms with van der Waals surface area (Å²) in [5.74, 6) is 0. The molecule has 0 aliphatic rings. The minimum absolute atomic E-state index is 0.383. The normalized spacial score (nSPS) is 18.0. The van der Waals surface area contributed by atoms with Gasteiger partial charge in [0.15, 0.2) is 12.2 Å². The second-order valence-corrected chi connectivity index (χ2v) is 2.50. The van der Waals surface area contributed by atoms with Crippen molar-refractivity contribution in [2.24, 2.45) is 0 Å². The van der Waals surface area contributed by atoms with E-state index in [1.807, 2.05) is 0 Å². The number of rotatable bonds is 3. The highest BCUT2D eigenvalue weighted by Crippen LogP contribution is 2.29. The van der Waals surface area contributed by atoms with Gasteiger partial charge in [-0.15, -0.1) is 0 Å². The Balaban J connectivity index is 4.34. The van der Waals surface area contributed by atoms with E-state index in [0.29, 0.717) is 6.92 Å². The third-order valence-electron chi connectivity index (χ3n) is 1.33. The molecule has 86 valence electrons. The second-order valence-electron chi connectivity index (χ2n) is 2.50. The highest BCUT2D eigenvalue weighted by atomic mass is 19.4. The predicted octanol–water partition coefficient (Wildman–Crippen LogP) is 2.85. The fourth-order valence-corrected chi connectivity index (χ4v) is 0.525. The van der Waals surface area contributed by atoms with Crippen LogP contribution in [0, 0.1) is 0 Å². The topological polar surface area (TPSA) is 9.23 Å². The molecule has 0 spiro atoms. The van der Waals surface area contributed by atoms with Gasteiger partial charge in [-0.25, -0.2) is 4.39 Å². The first-order valence-corrected chi connectivity index (χ1v) is 3.44. The van der Waals surface area contributed by atoms with Crippen LogP contribution in [0.2, 0.25) is 0 Å². The van der Waals surface area contributed by atoms with Crippen molar-refractivity contribution < 1.29 is 35.5 Å². The molecule has 0 saturated heterocycles. The van der Waals surface area contributed by atoms with Crippen molar-refractivity contribution in [1.29, 1.82) is 0 Å². The highest BCUT2D eigenvalue weighted by molar-refractivity contribution is 4.71. The van der Waals surface area contributed by atoms with Crippen LogP contribution in [-0.4, -0.2) is 31.2 Å². The van der Waals surface area contributed by atoms with E-state index in [4.69, 9.17) is 0 Å². The first kappa shape index (κ1) is 13.5. The van der Waals surface area contributed by atoms with Crippen LogP contribution in [0.25, 0.3) is 0 Å². The summed E-state index contributed by atoms with van der Waals surface area (Å²) in [4.78, 5) is 0. The quantitative estimate of drug-likeness (QED) is 0.675. The Kier molecular flexibility index (Phi) is 4.16. The van der Waals surface area contributed by atoms with Crippen molar-refractivity contribution in [3.8, 4) is 0 Å². The highest BCUT2D eigenvalue weighted by Gasteiger charge is 2.46. The van der Waals surface area contributed by atoms with E-state index in [1.54, 1.807) is 0 Å². The fourth-order valence-electron chi connectivity index (χ4n) is 0.525. The SMILES string of the molecule is CC(OC(CF)C(F)(F)F)C(F)(F)F. The number of ether oxygens (including phenoxy) is 1. The van der Waals surface area contributed by atoms with E-state index in [9.17, 15) is 30.7 Å². The monoisotopic (exact) mass is 228 g/mol. The van der Waals surface area contributed by atoms with Crippen LogP contribution in [0.1, 0.15) is 6.92 Å². The predicted molar refractivity (Wildman–Crippen MR) is 32.4 cm³/mol. The molecule has 0 N–H and O–H groups in total. The average molecular weight is 228 g/mol. The molecule has 0 fully saturated rings. The van der Waals surface area contributed by atoms with E-state index in [-0.39, 0.29) is 0 Å². The van der Waals surface area contributed by atoms with Gasteiger partial charge < -0.3 is 4.74 Å². The molecule has 0 bridgehead atoms. The summed E-state index contributed by atoms with van der Waals surface area (Å²) in [5.41, 5.74) is 0. The second kappa shape index (κ2) is 4.33. The van der Waals surface area contributed by atoms with Gasteiger partial charge in [-0.1, -0.05) is 0 Å². The van der Waals surface area contributed by atoms with E-state index in [1.165, 1.54) is 0 Å². The summed E-state index contributed by atoms with van der Waals surface area (Å²) in [6, 6.07) is 0. The molecule has 0 aliphatic carbocycles. The van der Waals surface area contributed by atoms with Gasteiger partial charge in [0.05, 0.1) is 0 Å². The Morgan fingerprint density at radius 1 is 1.00 bits per heavy atom. The lowest BCUT2D eigenvalue weighted by Crippen LogP contribution is -2.41. The minimum atomic E-state index is -5.13. The molecule has 0 radical (unpaired) electrons. The number of hydrogen-bond acceptors (Lipinski definition) is 1. The summed E-state index contributed by atoms with van der Waals surface area (Å²) < 4.78 is 85.6. The lowest BCUT2D eigenvalue weighted by Gasteiger charge is -2.23. The molecule has 0 amide bonds. The Labute approximate surface area is 74.8 Å². The third kappa shape index (κ3) is 4.12. The summed E-state index contributed by atoms with van der Waals surface area (Å²) in [6.45, 7) is -1.65. The zero-order valence-electron chi connectivity index (χ0n) is 6.92. The summed E-state index contributed by atoms with van der Waals surface area (Å²) >= 11 is 0. The van der Waals surface area contributed by atoms with Crippen LogP contribution in [0.3, 0.4) is 0 Å². The Hall–Kier alpha value is -0.530. The van der Waals surface area contributed by atoms with Crippen LogP contribution in [0.5, 0.6) is 0 Å². The van der Waals surface area contributed by atoms with Gasteiger partial charge in [-0.2, -0.15) is 26.3 Å². The third-order valence-corrected chi connectivity index (χ3v) is 1.33. The van der Waals surface area contributed by atoms with Crippen molar-refractivity contribution in [2.45, 2.75) is 31.5 Å². The molecule has 0 aromatic rings. The molecule has 14 heavy (non-hydrogen) atoms. The fraction of sp³-hybridized carbons (Fsp3) is 1.00. The van der Waals surface area contributed by atoms with Gasteiger partial charge in [-0.3, -0.25) is 0 Å². The lowest BCUT2D eigenvalue weighted by atomic mass is 10.3. The molecule has 1 nitrogen and oxygen atoms in total. The summed E-state index contributed by atoms with van der Waals surface area (Å²) in [5, 5.41) is 0. The molecule has 2 atom stereocenters. The molecule has 0 aromatic heterocycles. The molecule has 2 unspecified atom stereocenters. The Bertz CT molecular complexity index is 172. The molecule has 0 heterocycles. The maximum absolute atomic E-state index is 11.7. The standard InChI is InChI=1S/C6H7F7O/c1-3(5(8,9)10)14-4(2-7)6(11,12)13/h3-4H,2H2,1H3. The molecule has 0 aliphatic heterocycles. The van der Waals surface area contributed by atoms with Gasteiger partial charge in [0.1, 0.15) is 6.67 Å². The maximum atomic E-state index is 11.7. The summed E-state index contributed by atoms with van der Waals surface area (Å²) in [7, 11) is 0. The van der Waals surface area contributed by atoms with E-state index in [0.717, 1.165) is 0 Å². The first-order chi connectivity index (χ1) is 6.09. The zero-order chi connectivity index (χ0) is 11.6. The first-order valence-electron chi connectivity index (χ1n) is 3.44. The molecule has 0 aromatic carbocycles. The van der Waals surface area contributed by atoms with Gasteiger partial charge >= 0.3 is 12.4 Å². The smallest absolute Gasteiger partial charge is 0.354 e. The molecule has 8 heteroatoms. The summed E-state index contributed by atoms with van der Waals surface area (Å²) in [6.07, 6.45) is -15.7. The number of alkyl halides is 7. The van der Waals surface area contributed by atoms with Crippen molar-refractivity contribution in [2.75, 3.05) is 6.67 Å². The molecule has 0 saturated carbocycles. The van der Waals surface area contributed by atoms with Crippen molar-refractivity contribution in [1.82, 2.24) is 0 Å². The van der Waals surface area contributed by atoms with Crippen LogP contribution < -0.4 is 0 Å². The Morgan fingerprint density at radius 3 is 1.64 bits per heavy atom. The van der Waals surface area contributed by atoms with Crippen molar-refractivity contribution >= 4 is 0 Å². The maximum Gasteiger partial charge on any atom is 0.417 e. The minimum Gasteiger partial charge on any atom is -0.354 e. The van der Waals surface area contributed by atoms with Crippen LogP contribution in [-0.2, 0) is 4.74 Å². The van der Waals surface area contributed by atoms with E-state index < -0.39 is 31.2 Å². The van der Waals surface area contributed by atoms with E-state index in [2.05, 4.69) is 4.74 Å². The van der Waals surface area contributed by atoms with Crippen molar-refractivity contribution in [3.05, 3.63) is 0 Å². The van der Waals surface area contributed by atoms with Gasteiger partial charge in [0, 0.05) is 0 Å². The van der Waals surface area contributed by atoms with Gasteiger partial charge in [0.2, 0.25) is 0 Å². The van der Waals surface area contributed by atoms with Gasteiger partial charge in [0.25, 0.3) is 0 Å². The van der Waals surface area contributed by atoms with Crippen LogP contribution >= 0.6 is 0 Å². The van der Waals surface area contributed by atoms with E-state index >= 15 is 0 Å². The van der Waals surface area contributed by atoms with Crippen LogP contribution in [0.4, 0.5) is 30.7 Å². The van der Waals surface area contributed by atoms with Crippen molar-refractivity contribution in [3.63, 3.8) is 0 Å². The average Bonchev–Trinajstić information content (AvgIpc) is 1.95. The number of halogens is 7.